The lowest BCUT2D eigenvalue weighted by atomic mass is 9.95. The van der Waals surface area contributed by atoms with Crippen molar-refractivity contribution in [2.75, 3.05) is 13.4 Å². The zero-order valence-electron chi connectivity index (χ0n) is 16.0. The zero-order chi connectivity index (χ0) is 20.7. The van der Waals surface area contributed by atoms with Crippen molar-refractivity contribution in [3.63, 3.8) is 0 Å². The lowest BCUT2D eigenvalue weighted by molar-refractivity contribution is -0.277. The summed E-state index contributed by atoms with van der Waals surface area (Å²) in [5, 5.41) is 0. The minimum Gasteiger partial charge on any atom is -0.759 e. The fourth-order valence-electron chi connectivity index (χ4n) is 4.23. The molecule has 0 radical (unpaired) electrons. The van der Waals surface area contributed by atoms with E-state index in [1.54, 1.807) is 24.3 Å². The maximum Gasteiger partial charge on any atom is 0.261 e. The lowest BCUT2D eigenvalue weighted by Crippen LogP contribution is -2.67. The second-order valence-corrected chi connectivity index (χ2v) is 7.91. The summed E-state index contributed by atoms with van der Waals surface area (Å²) < 4.78 is 23.3. The molecule has 2 aromatic carbocycles. The number of carbonyl (C=O) groups is 2. The topological polar surface area (TPSA) is 74.3 Å². The van der Waals surface area contributed by atoms with E-state index < -0.39 is 41.6 Å². The van der Waals surface area contributed by atoms with Gasteiger partial charge < -0.3 is 31.6 Å². The molecule has 0 bridgehead atoms. The van der Waals surface area contributed by atoms with Gasteiger partial charge in [-0.3, -0.25) is 14.5 Å². The summed E-state index contributed by atoms with van der Waals surface area (Å²) in [5.74, 6) is -0.782. The first-order valence-electron chi connectivity index (χ1n) is 9.78. The molecule has 0 spiro atoms. The van der Waals surface area contributed by atoms with Gasteiger partial charge in [-0.25, -0.2) is 0 Å². The molecule has 30 heavy (non-hydrogen) atoms. The normalized spacial score (nSPS) is 30.8. The highest BCUT2D eigenvalue weighted by atomic mass is 32.1. The summed E-state index contributed by atoms with van der Waals surface area (Å²) >= 11 is 5.58. The molecule has 2 amide bonds. The van der Waals surface area contributed by atoms with Gasteiger partial charge >= 0.3 is 0 Å². The molecule has 0 saturated carbocycles. The van der Waals surface area contributed by atoms with E-state index >= 15 is 0 Å². The van der Waals surface area contributed by atoms with Crippen LogP contribution in [0.25, 0.3) is 0 Å². The number of nitrogens with zero attached hydrogens (tertiary/aromatic N) is 1. The third kappa shape index (κ3) is 3.34. The average molecular weight is 426 g/mol. The molecule has 3 aliphatic heterocycles. The highest BCUT2D eigenvalue weighted by Crippen LogP contribution is 2.35. The summed E-state index contributed by atoms with van der Waals surface area (Å²) in [6, 6.07) is 15.6. The molecule has 2 fully saturated rings. The third-order valence-corrected chi connectivity index (χ3v) is 6.04. The first kappa shape index (κ1) is 19.7. The van der Waals surface area contributed by atoms with Crippen LogP contribution >= 0.6 is 0 Å². The number of imide groups is 1. The summed E-state index contributed by atoms with van der Waals surface area (Å²) in [7, 11) is 0. The molecular formula is C22H20NO6S-. The predicted octanol–water partition coefficient (Wildman–Crippen LogP) is 1.88. The molecule has 0 unspecified atom stereocenters. The minimum absolute atomic E-state index is 0.0899. The van der Waals surface area contributed by atoms with Gasteiger partial charge in [0, 0.05) is 0 Å². The molecule has 2 aromatic rings. The summed E-state index contributed by atoms with van der Waals surface area (Å²) in [4.78, 5) is 27.4. The van der Waals surface area contributed by atoms with E-state index in [1.165, 1.54) is 4.90 Å². The van der Waals surface area contributed by atoms with E-state index in [2.05, 4.69) is 0 Å². The first-order chi connectivity index (χ1) is 14.6. The SMILES string of the molecule is O=C1c2ccccc2C(=O)N1[C@@H]1[C@@H](OCc2ccccc2)[C@H]2OCOC[C@H]2O[C@H]1[S-]. The van der Waals surface area contributed by atoms with Gasteiger partial charge in [-0.1, -0.05) is 42.5 Å². The molecule has 3 aliphatic rings. The van der Waals surface area contributed by atoms with Crippen LogP contribution < -0.4 is 0 Å². The van der Waals surface area contributed by atoms with Crippen molar-refractivity contribution in [1.29, 1.82) is 0 Å². The van der Waals surface area contributed by atoms with Crippen LogP contribution in [0.5, 0.6) is 0 Å². The van der Waals surface area contributed by atoms with Crippen LogP contribution in [0.15, 0.2) is 54.6 Å². The van der Waals surface area contributed by atoms with Gasteiger partial charge in [0.1, 0.15) is 25.1 Å². The molecule has 3 heterocycles. The lowest BCUT2D eigenvalue weighted by Gasteiger charge is -2.52. The van der Waals surface area contributed by atoms with Crippen molar-refractivity contribution in [1.82, 2.24) is 4.90 Å². The summed E-state index contributed by atoms with van der Waals surface area (Å²) in [6.45, 7) is 0.700. The Morgan fingerprint density at radius 2 is 1.67 bits per heavy atom. The van der Waals surface area contributed by atoms with Crippen molar-refractivity contribution in [3.8, 4) is 0 Å². The van der Waals surface area contributed by atoms with Gasteiger partial charge in [-0.2, -0.15) is 0 Å². The quantitative estimate of drug-likeness (QED) is 0.546. The van der Waals surface area contributed by atoms with Crippen LogP contribution in [0.2, 0.25) is 0 Å². The maximum atomic E-state index is 13.1. The number of rotatable bonds is 4. The molecule has 7 nitrogen and oxygen atoms in total. The van der Waals surface area contributed by atoms with E-state index in [0.29, 0.717) is 24.3 Å². The third-order valence-electron chi connectivity index (χ3n) is 5.65. The van der Waals surface area contributed by atoms with E-state index in [0.717, 1.165) is 5.56 Å². The fourth-order valence-corrected chi connectivity index (χ4v) is 4.64. The Bertz CT molecular complexity index is 919. The molecule has 156 valence electrons. The van der Waals surface area contributed by atoms with Gasteiger partial charge in [0.25, 0.3) is 11.8 Å². The summed E-state index contributed by atoms with van der Waals surface area (Å²) in [6.07, 6.45) is -1.57. The van der Waals surface area contributed by atoms with Crippen molar-refractivity contribution in [2.24, 2.45) is 0 Å². The van der Waals surface area contributed by atoms with Gasteiger partial charge in [0.2, 0.25) is 0 Å². The number of benzene rings is 2. The number of hydrogen-bond donors (Lipinski definition) is 0. The Kier molecular flexibility index (Phi) is 5.34. The number of ether oxygens (including phenoxy) is 4. The van der Waals surface area contributed by atoms with Crippen LogP contribution in [0, 0.1) is 0 Å². The van der Waals surface area contributed by atoms with Crippen LogP contribution in [0.4, 0.5) is 0 Å². The second kappa shape index (κ2) is 8.13. The largest absolute Gasteiger partial charge is 0.759 e. The van der Waals surface area contributed by atoms with Gasteiger partial charge in [-0.05, 0) is 23.1 Å². The highest BCUT2D eigenvalue weighted by molar-refractivity contribution is 7.59. The van der Waals surface area contributed by atoms with E-state index in [1.807, 2.05) is 30.3 Å². The molecular weight excluding hydrogens is 406 g/mol. The Hall–Kier alpha value is -2.23. The minimum atomic E-state index is -0.848. The zero-order valence-corrected chi connectivity index (χ0v) is 16.8. The second-order valence-electron chi connectivity index (χ2n) is 7.44. The van der Waals surface area contributed by atoms with Gasteiger partial charge in [0.05, 0.1) is 30.4 Å². The highest BCUT2D eigenvalue weighted by Gasteiger charge is 2.52. The van der Waals surface area contributed by atoms with E-state index in [4.69, 9.17) is 31.6 Å². The van der Waals surface area contributed by atoms with Crippen molar-refractivity contribution in [3.05, 3.63) is 71.3 Å². The van der Waals surface area contributed by atoms with Crippen molar-refractivity contribution < 1.29 is 28.5 Å². The number of hydrogen-bond acceptors (Lipinski definition) is 7. The molecule has 0 aromatic heterocycles. The standard InChI is InChI=1S/C22H21NO6S/c24-20-14-8-4-5-9-15(14)21(25)23(20)17-19(27-10-13-6-2-1-3-7-13)18-16(29-22(17)30)11-26-12-28-18/h1-9,16-19,22,30H,10-12H2/p-1/t16-,17-,18+,19-,22+/m1/s1. The molecule has 0 N–H and O–H groups in total. The maximum absolute atomic E-state index is 13.1. The Labute approximate surface area is 179 Å². The van der Waals surface area contributed by atoms with Crippen LogP contribution in [-0.2, 0) is 38.2 Å². The molecule has 5 rings (SSSR count). The van der Waals surface area contributed by atoms with Crippen molar-refractivity contribution >= 4 is 24.4 Å². The fraction of sp³-hybridized carbons (Fsp3) is 0.364. The number of fused-ring (bicyclic) bond motifs is 2. The average Bonchev–Trinajstić information content (AvgIpc) is 3.03. The molecule has 2 saturated heterocycles. The van der Waals surface area contributed by atoms with Gasteiger partial charge in [-0.15, -0.1) is 0 Å². The van der Waals surface area contributed by atoms with E-state index in [-0.39, 0.29) is 6.79 Å². The first-order valence-corrected chi connectivity index (χ1v) is 10.3. The summed E-state index contributed by atoms with van der Waals surface area (Å²) in [5.41, 5.74) is 0.845. The predicted molar refractivity (Wildman–Crippen MR) is 107 cm³/mol. The molecule has 5 atom stereocenters. The molecule has 0 aliphatic carbocycles. The van der Waals surface area contributed by atoms with Crippen molar-refractivity contribution in [2.45, 2.75) is 36.4 Å². The van der Waals surface area contributed by atoms with Crippen LogP contribution in [-0.4, -0.2) is 59.9 Å². The number of carbonyl (C=O) groups excluding carboxylic acids is 2. The van der Waals surface area contributed by atoms with Crippen LogP contribution in [0.3, 0.4) is 0 Å². The Balaban J connectivity index is 1.48. The monoisotopic (exact) mass is 426 g/mol. The van der Waals surface area contributed by atoms with Crippen LogP contribution in [0.1, 0.15) is 26.3 Å². The van der Waals surface area contributed by atoms with E-state index in [9.17, 15) is 9.59 Å². The van der Waals surface area contributed by atoms with Gasteiger partial charge in [0.15, 0.2) is 0 Å². The Morgan fingerprint density at radius 3 is 2.37 bits per heavy atom. The smallest absolute Gasteiger partial charge is 0.261 e. The molecule has 8 heteroatoms. The Morgan fingerprint density at radius 1 is 1.00 bits per heavy atom. The number of amides is 2.